The number of hydrogen-bond acceptors (Lipinski definition) is 2. The summed E-state index contributed by atoms with van der Waals surface area (Å²) in [6, 6.07) is 7.42. The predicted molar refractivity (Wildman–Crippen MR) is 72.1 cm³/mol. The van der Waals surface area contributed by atoms with Gasteiger partial charge in [-0.3, -0.25) is 4.79 Å². The van der Waals surface area contributed by atoms with Crippen LogP contribution in [-0.2, 0) is 4.79 Å². The van der Waals surface area contributed by atoms with Gasteiger partial charge in [-0.2, -0.15) is 0 Å². The van der Waals surface area contributed by atoms with Gasteiger partial charge in [0.05, 0.1) is 5.56 Å². The van der Waals surface area contributed by atoms with Crippen molar-refractivity contribution in [2.75, 3.05) is 7.05 Å². The summed E-state index contributed by atoms with van der Waals surface area (Å²) in [6.45, 7) is 3.00. The smallest absolute Gasteiger partial charge is 0.329 e. The highest BCUT2D eigenvalue weighted by Gasteiger charge is 2.36. The summed E-state index contributed by atoms with van der Waals surface area (Å²) in [6.07, 6.45) is 1.61. The van der Waals surface area contributed by atoms with Crippen LogP contribution >= 0.6 is 0 Å². The lowest BCUT2D eigenvalue weighted by molar-refractivity contribution is -0.147. The molecule has 0 saturated carbocycles. The van der Waals surface area contributed by atoms with Crippen molar-refractivity contribution in [2.45, 2.75) is 19.4 Å². The van der Waals surface area contributed by atoms with Crippen LogP contribution in [0.5, 0.6) is 0 Å². The number of rotatable bonds is 3. The molecule has 0 aliphatic heterocycles. The number of fused-ring (bicyclic) bond motifs is 1. The summed E-state index contributed by atoms with van der Waals surface area (Å²) in [5.41, 5.74) is 0.0786. The van der Waals surface area contributed by atoms with Crippen molar-refractivity contribution in [3.63, 3.8) is 0 Å². The molecule has 0 spiro atoms. The average molecular weight is 260 g/mol. The molecule has 0 fully saturated rings. The number of benzene rings is 1. The Balaban J connectivity index is 2.42. The molecule has 1 amide bonds. The van der Waals surface area contributed by atoms with Gasteiger partial charge >= 0.3 is 5.97 Å². The Morgan fingerprint density at radius 3 is 2.53 bits per heavy atom. The fourth-order valence-corrected chi connectivity index (χ4v) is 1.83. The SMILES string of the molecule is CN(C(=O)c1c[nH]c2ccccc12)C(C)(C)C(=O)O. The van der Waals surface area contributed by atoms with Crippen LogP contribution in [0.1, 0.15) is 24.2 Å². The number of aliphatic carboxylic acids is 1. The number of amides is 1. The van der Waals surface area contributed by atoms with Crippen LogP contribution in [-0.4, -0.2) is 39.5 Å². The first-order chi connectivity index (χ1) is 8.85. The average Bonchev–Trinajstić information content (AvgIpc) is 2.80. The van der Waals surface area contributed by atoms with Crippen LogP contribution in [0.15, 0.2) is 30.5 Å². The second kappa shape index (κ2) is 4.42. The molecule has 19 heavy (non-hydrogen) atoms. The van der Waals surface area contributed by atoms with Gasteiger partial charge in [0.1, 0.15) is 5.54 Å². The molecule has 2 N–H and O–H groups in total. The molecule has 2 aromatic rings. The van der Waals surface area contributed by atoms with E-state index in [1.54, 1.807) is 6.20 Å². The number of carboxylic acid groups (broad SMARTS) is 1. The number of likely N-dealkylation sites (N-methyl/N-ethyl adjacent to an activating group) is 1. The van der Waals surface area contributed by atoms with Gasteiger partial charge in [-0.05, 0) is 19.9 Å². The Morgan fingerprint density at radius 1 is 1.26 bits per heavy atom. The zero-order chi connectivity index (χ0) is 14.2. The van der Waals surface area contributed by atoms with E-state index in [4.69, 9.17) is 5.11 Å². The van der Waals surface area contributed by atoms with E-state index in [0.717, 1.165) is 10.9 Å². The summed E-state index contributed by atoms with van der Waals surface area (Å²) < 4.78 is 0. The van der Waals surface area contributed by atoms with E-state index < -0.39 is 11.5 Å². The number of carbonyl (C=O) groups excluding carboxylic acids is 1. The van der Waals surface area contributed by atoms with E-state index in [1.165, 1.54) is 25.8 Å². The Hall–Kier alpha value is -2.30. The van der Waals surface area contributed by atoms with Gasteiger partial charge in [0.15, 0.2) is 0 Å². The number of nitrogens with zero attached hydrogens (tertiary/aromatic N) is 1. The summed E-state index contributed by atoms with van der Waals surface area (Å²) in [4.78, 5) is 27.9. The fraction of sp³-hybridized carbons (Fsp3) is 0.286. The highest BCUT2D eigenvalue weighted by atomic mass is 16.4. The first-order valence-electron chi connectivity index (χ1n) is 5.93. The van der Waals surface area contributed by atoms with Crippen molar-refractivity contribution in [3.8, 4) is 0 Å². The maximum Gasteiger partial charge on any atom is 0.329 e. The molecule has 1 aromatic carbocycles. The number of nitrogens with one attached hydrogen (secondary N) is 1. The fourth-order valence-electron chi connectivity index (χ4n) is 1.83. The quantitative estimate of drug-likeness (QED) is 0.887. The molecule has 0 bridgehead atoms. The van der Waals surface area contributed by atoms with Gasteiger partial charge in [-0.15, -0.1) is 0 Å². The molecular formula is C14H16N2O3. The van der Waals surface area contributed by atoms with Gasteiger partial charge in [0.25, 0.3) is 5.91 Å². The van der Waals surface area contributed by atoms with E-state index in [1.807, 2.05) is 24.3 Å². The zero-order valence-electron chi connectivity index (χ0n) is 11.1. The number of carbonyl (C=O) groups is 2. The van der Waals surface area contributed by atoms with Crippen molar-refractivity contribution in [2.24, 2.45) is 0 Å². The molecule has 5 heteroatoms. The molecule has 0 atom stereocenters. The molecule has 5 nitrogen and oxygen atoms in total. The van der Waals surface area contributed by atoms with E-state index in [9.17, 15) is 9.59 Å². The first kappa shape index (κ1) is 13.1. The predicted octanol–water partition coefficient (Wildman–Crippen LogP) is 2.10. The van der Waals surface area contributed by atoms with Crippen LogP contribution in [0.3, 0.4) is 0 Å². The second-order valence-electron chi connectivity index (χ2n) is 4.98. The molecule has 0 radical (unpaired) electrons. The number of para-hydroxylation sites is 1. The number of aromatic nitrogens is 1. The maximum absolute atomic E-state index is 12.4. The molecule has 0 unspecified atom stereocenters. The normalized spacial score (nSPS) is 11.5. The number of carboxylic acids is 1. The minimum Gasteiger partial charge on any atom is -0.480 e. The third kappa shape index (κ3) is 2.07. The Kier molecular flexibility index (Phi) is 3.06. The van der Waals surface area contributed by atoms with Crippen molar-refractivity contribution in [3.05, 3.63) is 36.0 Å². The summed E-state index contributed by atoms with van der Waals surface area (Å²) in [7, 11) is 1.50. The van der Waals surface area contributed by atoms with E-state index in [-0.39, 0.29) is 5.91 Å². The van der Waals surface area contributed by atoms with Crippen LogP contribution in [0.25, 0.3) is 10.9 Å². The van der Waals surface area contributed by atoms with Crippen molar-refractivity contribution in [1.82, 2.24) is 9.88 Å². The van der Waals surface area contributed by atoms with E-state index in [2.05, 4.69) is 4.98 Å². The largest absolute Gasteiger partial charge is 0.480 e. The summed E-state index contributed by atoms with van der Waals surface area (Å²) in [5.74, 6) is -1.35. The number of H-pyrrole nitrogens is 1. The molecule has 0 aliphatic rings. The molecule has 1 aromatic heterocycles. The van der Waals surface area contributed by atoms with Gasteiger partial charge in [-0.1, -0.05) is 18.2 Å². The Labute approximate surface area is 110 Å². The number of aromatic amines is 1. The third-order valence-corrected chi connectivity index (χ3v) is 3.49. The van der Waals surface area contributed by atoms with Gasteiger partial charge in [0, 0.05) is 24.1 Å². The molecule has 1 heterocycles. The zero-order valence-corrected chi connectivity index (χ0v) is 11.1. The second-order valence-corrected chi connectivity index (χ2v) is 4.98. The molecule has 0 aliphatic carbocycles. The van der Waals surface area contributed by atoms with Crippen LogP contribution < -0.4 is 0 Å². The molecule has 0 saturated heterocycles. The van der Waals surface area contributed by atoms with E-state index in [0.29, 0.717) is 5.56 Å². The lowest BCUT2D eigenvalue weighted by atomic mass is 10.0. The van der Waals surface area contributed by atoms with Crippen LogP contribution in [0, 0.1) is 0 Å². The van der Waals surface area contributed by atoms with E-state index >= 15 is 0 Å². The highest BCUT2D eigenvalue weighted by Crippen LogP contribution is 2.22. The lowest BCUT2D eigenvalue weighted by Gasteiger charge is -2.31. The minimum atomic E-state index is -1.25. The van der Waals surface area contributed by atoms with Gasteiger partial charge < -0.3 is 15.0 Å². The summed E-state index contributed by atoms with van der Waals surface area (Å²) in [5, 5.41) is 9.96. The Bertz CT molecular complexity index is 643. The first-order valence-corrected chi connectivity index (χ1v) is 5.93. The van der Waals surface area contributed by atoms with Gasteiger partial charge in [0.2, 0.25) is 0 Å². The van der Waals surface area contributed by atoms with Gasteiger partial charge in [-0.25, -0.2) is 4.79 Å². The summed E-state index contributed by atoms with van der Waals surface area (Å²) >= 11 is 0. The maximum atomic E-state index is 12.4. The van der Waals surface area contributed by atoms with Crippen molar-refractivity contribution >= 4 is 22.8 Å². The van der Waals surface area contributed by atoms with Crippen molar-refractivity contribution in [1.29, 1.82) is 0 Å². The molecule has 2 rings (SSSR count). The standard InChI is InChI=1S/C14H16N2O3/c1-14(2,13(18)19)16(3)12(17)10-8-15-11-7-5-4-6-9(10)11/h4-8,15H,1-3H3,(H,18,19). The van der Waals surface area contributed by atoms with Crippen LogP contribution in [0.2, 0.25) is 0 Å². The highest BCUT2D eigenvalue weighted by molar-refractivity contribution is 6.07. The third-order valence-electron chi connectivity index (χ3n) is 3.49. The van der Waals surface area contributed by atoms with Crippen molar-refractivity contribution < 1.29 is 14.7 Å². The molecular weight excluding hydrogens is 244 g/mol. The number of hydrogen-bond donors (Lipinski definition) is 2. The minimum absolute atomic E-state index is 0.315. The topological polar surface area (TPSA) is 73.4 Å². The Morgan fingerprint density at radius 2 is 1.89 bits per heavy atom. The van der Waals surface area contributed by atoms with Crippen LogP contribution in [0.4, 0.5) is 0 Å². The monoisotopic (exact) mass is 260 g/mol. The lowest BCUT2D eigenvalue weighted by Crippen LogP contribution is -2.50. The molecule has 100 valence electrons.